The van der Waals surface area contributed by atoms with Gasteiger partial charge in [0.2, 0.25) is 0 Å². The van der Waals surface area contributed by atoms with Crippen LogP contribution in [0.5, 0.6) is 0 Å². The number of aromatic amines is 1. The van der Waals surface area contributed by atoms with Crippen molar-refractivity contribution < 1.29 is 0 Å². The quantitative estimate of drug-likeness (QED) is 0.836. The van der Waals surface area contributed by atoms with E-state index < -0.39 is 0 Å². The van der Waals surface area contributed by atoms with E-state index >= 15 is 0 Å². The van der Waals surface area contributed by atoms with E-state index in [0.717, 1.165) is 16.4 Å². The molecule has 0 spiro atoms. The van der Waals surface area contributed by atoms with Gasteiger partial charge in [0, 0.05) is 16.9 Å². The zero-order valence-corrected chi connectivity index (χ0v) is 9.12. The van der Waals surface area contributed by atoms with E-state index in [9.17, 15) is 0 Å². The smallest absolute Gasteiger partial charge is 0.0651 e. The molecule has 1 unspecified atom stereocenters. The van der Waals surface area contributed by atoms with Gasteiger partial charge in [-0.1, -0.05) is 17.7 Å². The Morgan fingerprint density at radius 2 is 2.27 bits per heavy atom. The Bertz CT molecular complexity index is 425. The predicted molar refractivity (Wildman–Crippen MR) is 62.1 cm³/mol. The summed E-state index contributed by atoms with van der Waals surface area (Å²) in [6.45, 7) is 2.06. The van der Waals surface area contributed by atoms with Crippen LogP contribution in [-0.2, 0) is 0 Å². The number of hydrogen-bond donors (Lipinski definition) is 2. The summed E-state index contributed by atoms with van der Waals surface area (Å²) in [5.41, 5.74) is 2.06. The largest absolute Gasteiger partial charge is 0.377 e. The Morgan fingerprint density at radius 3 is 2.93 bits per heavy atom. The van der Waals surface area contributed by atoms with Gasteiger partial charge in [0.25, 0.3) is 0 Å². The molecule has 2 aromatic rings. The number of rotatable bonds is 3. The van der Waals surface area contributed by atoms with E-state index in [1.807, 2.05) is 30.3 Å². The number of H-pyrrole nitrogens is 1. The van der Waals surface area contributed by atoms with E-state index in [1.165, 1.54) is 0 Å². The average Bonchev–Trinajstić information content (AvgIpc) is 2.70. The van der Waals surface area contributed by atoms with Gasteiger partial charge in [0.1, 0.15) is 0 Å². The molecule has 3 nitrogen and oxygen atoms in total. The van der Waals surface area contributed by atoms with Crippen LogP contribution in [0.4, 0.5) is 5.69 Å². The summed E-state index contributed by atoms with van der Waals surface area (Å²) < 4.78 is 0. The molecule has 0 aliphatic rings. The molecule has 0 saturated heterocycles. The Labute approximate surface area is 93.5 Å². The van der Waals surface area contributed by atoms with E-state index in [0.29, 0.717) is 0 Å². The van der Waals surface area contributed by atoms with Crippen molar-refractivity contribution >= 4 is 17.3 Å². The summed E-state index contributed by atoms with van der Waals surface area (Å²) in [7, 11) is 0. The Morgan fingerprint density at radius 1 is 1.40 bits per heavy atom. The number of nitrogens with zero attached hydrogens (tertiary/aromatic N) is 1. The highest BCUT2D eigenvalue weighted by molar-refractivity contribution is 6.30. The Balaban J connectivity index is 2.09. The molecule has 0 saturated carbocycles. The number of nitrogens with one attached hydrogen (secondary N) is 2. The summed E-state index contributed by atoms with van der Waals surface area (Å²) in [6, 6.07) is 9.79. The van der Waals surface area contributed by atoms with E-state index in [2.05, 4.69) is 22.4 Å². The van der Waals surface area contributed by atoms with E-state index in [-0.39, 0.29) is 6.04 Å². The van der Waals surface area contributed by atoms with Crippen molar-refractivity contribution in [3.05, 3.63) is 47.2 Å². The van der Waals surface area contributed by atoms with Crippen LogP contribution >= 0.6 is 11.6 Å². The second-order valence-electron chi connectivity index (χ2n) is 3.39. The lowest BCUT2D eigenvalue weighted by Gasteiger charge is -2.13. The summed E-state index contributed by atoms with van der Waals surface area (Å²) in [5.74, 6) is 0. The van der Waals surface area contributed by atoms with Crippen LogP contribution in [0.15, 0.2) is 36.5 Å². The highest BCUT2D eigenvalue weighted by Crippen LogP contribution is 2.20. The third kappa shape index (κ3) is 2.50. The molecule has 0 radical (unpaired) electrons. The van der Waals surface area contributed by atoms with Gasteiger partial charge < -0.3 is 5.32 Å². The molecular weight excluding hydrogens is 210 g/mol. The summed E-state index contributed by atoms with van der Waals surface area (Å²) in [5, 5.41) is 10.9. The van der Waals surface area contributed by atoms with Crippen LogP contribution in [0, 0.1) is 0 Å². The van der Waals surface area contributed by atoms with Gasteiger partial charge >= 0.3 is 0 Å². The third-order valence-corrected chi connectivity index (χ3v) is 2.43. The lowest BCUT2D eigenvalue weighted by atomic mass is 10.2. The molecule has 2 rings (SSSR count). The first kappa shape index (κ1) is 10.1. The molecule has 0 aliphatic carbocycles. The van der Waals surface area contributed by atoms with Crippen molar-refractivity contribution in [3.8, 4) is 0 Å². The van der Waals surface area contributed by atoms with Gasteiger partial charge in [-0.15, -0.1) is 0 Å². The normalized spacial score (nSPS) is 12.4. The van der Waals surface area contributed by atoms with Gasteiger partial charge in [0.05, 0.1) is 11.7 Å². The molecule has 1 heterocycles. The van der Waals surface area contributed by atoms with Crippen molar-refractivity contribution in [1.82, 2.24) is 10.2 Å². The number of benzene rings is 1. The second-order valence-corrected chi connectivity index (χ2v) is 3.82. The highest BCUT2D eigenvalue weighted by Gasteiger charge is 2.05. The number of hydrogen-bond acceptors (Lipinski definition) is 2. The first-order chi connectivity index (χ1) is 7.25. The minimum absolute atomic E-state index is 0.186. The Hall–Kier alpha value is -1.48. The molecule has 1 aromatic carbocycles. The molecule has 1 atom stereocenters. The third-order valence-electron chi connectivity index (χ3n) is 2.20. The minimum atomic E-state index is 0.186. The van der Waals surface area contributed by atoms with Crippen molar-refractivity contribution in [2.75, 3.05) is 5.32 Å². The predicted octanol–water partition coefficient (Wildman–Crippen LogP) is 3.24. The first-order valence-electron chi connectivity index (χ1n) is 4.77. The zero-order valence-electron chi connectivity index (χ0n) is 8.37. The van der Waals surface area contributed by atoms with Gasteiger partial charge in [-0.05, 0) is 31.2 Å². The molecule has 1 aromatic heterocycles. The maximum absolute atomic E-state index is 5.89. The fourth-order valence-electron chi connectivity index (χ4n) is 1.41. The average molecular weight is 222 g/mol. The highest BCUT2D eigenvalue weighted by atomic mass is 35.5. The molecular formula is C11H12ClN3. The fourth-order valence-corrected chi connectivity index (χ4v) is 1.60. The van der Waals surface area contributed by atoms with Crippen LogP contribution in [0.1, 0.15) is 18.7 Å². The minimum Gasteiger partial charge on any atom is -0.377 e. The molecule has 0 aliphatic heterocycles. The summed E-state index contributed by atoms with van der Waals surface area (Å²) in [4.78, 5) is 0. The maximum atomic E-state index is 5.89. The monoisotopic (exact) mass is 221 g/mol. The molecule has 0 fully saturated rings. The molecule has 78 valence electrons. The van der Waals surface area contributed by atoms with Gasteiger partial charge in [-0.3, -0.25) is 5.10 Å². The maximum Gasteiger partial charge on any atom is 0.0651 e. The number of aromatic nitrogens is 2. The van der Waals surface area contributed by atoms with Crippen LogP contribution in [0.2, 0.25) is 5.02 Å². The van der Waals surface area contributed by atoms with Crippen molar-refractivity contribution in [2.45, 2.75) is 13.0 Å². The van der Waals surface area contributed by atoms with E-state index in [4.69, 9.17) is 11.6 Å². The second kappa shape index (κ2) is 4.36. The van der Waals surface area contributed by atoms with Crippen LogP contribution in [0.25, 0.3) is 0 Å². The van der Waals surface area contributed by atoms with Crippen molar-refractivity contribution in [1.29, 1.82) is 0 Å². The molecule has 0 bridgehead atoms. The molecule has 4 heteroatoms. The summed E-state index contributed by atoms with van der Waals surface area (Å²) in [6.07, 6.45) is 1.74. The van der Waals surface area contributed by atoms with Gasteiger partial charge in [-0.25, -0.2) is 0 Å². The van der Waals surface area contributed by atoms with Crippen LogP contribution in [-0.4, -0.2) is 10.2 Å². The number of anilines is 1. The van der Waals surface area contributed by atoms with E-state index in [1.54, 1.807) is 6.20 Å². The van der Waals surface area contributed by atoms with Gasteiger partial charge in [-0.2, -0.15) is 5.10 Å². The molecule has 0 amide bonds. The molecule has 2 N–H and O–H groups in total. The van der Waals surface area contributed by atoms with Crippen LogP contribution < -0.4 is 5.32 Å². The van der Waals surface area contributed by atoms with Gasteiger partial charge in [0.15, 0.2) is 0 Å². The molecule has 15 heavy (non-hydrogen) atoms. The number of halogens is 1. The van der Waals surface area contributed by atoms with Crippen LogP contribution in [0.3, 0.4) is 0 Å². The van der Waals surface area contributed by atoms with Crippen molar-refractivity contribution in [3.63, 3.8) is 0 Å². The first-order valence-corrected chi connectivity index (χ1v) is 5.15. The summed E-state index contributed by atoms with van der Waals surface area (Å²) >= 11 is 5.89. The zero-order chi connectivity index (χ0) is 10.7. The lowest BCUT2D eigenvalue weighted by molar-refractivity contribution is 0.826. The SMILES string of the molecule is CC(Nc1cccc(Cl)c1)c1ccn[nH]1. The van der Waals surface area contributed by atoms with Crippen molar-refractivity contribution in [2.24, 2.45) is 0 Å². The fraction of sp³-hybridized carbons (Fsp3) is 0.182. The lowest BCUT2D eigenvalue weighted by Crippen LogP contribution is -2.06. The topological polar surface area (TPSA) is 40.7 Å². The standard InChI is InChI=1S/C11H12ClN3/c1-8(11-5-6-13-15-11)14-10-4-2-3-9(12)7-10/h2-8,14H,1H3,(H,13,15). The Kier molecular flexibility index (Phi) is 2.92.